The Kier molecular flexibility index (Phi) is 4.15. The first-order valence-electron chi connectivity index (χ1n) is 7.96. The average Bonchev–Trinajstić information content (AvgIpc) is 3.02. The second-order valence-corrected chi connectivity index (χ2v) is 6.97. The minimum atomic E-state index is -0.240. The summed E-state index contributed by atoms with van der Waals surface area (Å²) in [6.07, 6.45) is 1.57. The van der Waals surface area contributed by atoms with E-state index in [-0.39, 0.29) is 16.9 Å². The highest BCUT2D eigenvalue weighted by molar-refractivity contribution is 8.00. The van der Waals surface area contributed by atoms with Crippen LogP contribution < -0.4 is 5.32 Å². The van der Waals surface area contributed by atoms with Gasteiger partial charge in [-0.05, 0) is 48.7 Å². The van der Waals surface area contributed by atoms with Gasteiger partial charge in [0, 0.05) is 11.3 Å². The summed E-state index contributed by atoms with van der Waals surface area (Å²) < 4.78 is 0. The van der Waals surface area contributed by atoms with E-state index in [2.05, 4.69) is 20.5 Å². The summed E-state index contributed by atoms with van der Waals surface area (Å²) in [6.45, 7) is 0. The number of nitrogens with zero attached hydrogens (tertiary/aromatic N) is 2. The van der Waals surface area contributed by atoms with Gasteiger partial charge in [0.25, 0.3) is 0 Å². The molecule has 1 aliphatic rings. The van der Waals surface area contributed by atoms with E-state index in [1.54, 1.807) is 24.3 Å². The molecule has 0 fully saturated rings. The number of carbonyl (C=O) groups excluding carboxylic acids is 1. The number of nitrogens with one attached hydrogen (secondary N) is 2. The molecular formula is C18H16N4O2S. The molecule has 7 heteroatoms. The molecule has 1 unspecified atom stereocenters. The number of thioether (sulfide) groups is 1. The Hall–Kier alpha value is -2.80. The Morgan fingerprint density at radius 1 is 1.12 bits per heavy atom. The van der Waals surface area contributed by atoms with E-state index in [0.29, 0.717) is 11.0 Å². The molecule has 0 saturated heterocycles. The smallest absolute Gasteiger partial charge is 0.237 e. The van der Waals surface area contributed by atoms with Crippen LogP contribution in [0.4, 0.5) is 5.69 Å². The number of hydrogen-bond donors (Lipinski definition) is 3. The molecule has 3 N–H and O–H groups in total. The number of H-pyrrole nitrogens is 1. The van der Waals surface area contributed by atoms with E-state index in [1.165, 1.54) is 11.8 Å². The van der Waals surface area contributed by atoms with Gasteiger partial charge in [-0.2, -0.15) is 0 Å². The molecule has 1 aromatic heterocycles. The van der Waals surface area contributed by atoms with E-state index < -0.39 is 0 Å². The van der Waals surface area contributed by atoms with Crippen molar-refractivity contribution in [1.82, 2.24) is 15.2 Å². The summed E-state index contributed by atoms with van der Waals surface area (Å²) in [5.74, 6) is 0.790. The maximum atomic E-state index is 12.5. The molecule has 25 heavy (non-hydrogen) atoms. The van der Waals surface area contributed by atoms with Gasteiger partial charge < -0.3 is 10.4 Å². The van der Waals surface area contributed by atoms with Crippen LogP contribution in [0.5, 0.6) is 5.75 Å². The summed E-state index contributed by atoms with van der Waals surface area (Å²) in [7, 11) is 0. The molecule has 1 aliphatic heterocycles. The van der Waals surface area contributed by atoms with Gasteiger partial charge in [0.05, 0.1) is 5.25 Å². The van der Waals surface area contributed by atoms with Gasteiger partial charge in [-0.25, -0.2) is 4.98 Å². The molecule has 1 atom stereocenters. The second kappa shape index (κ2) is 6.60. The number of aromatic hydroxyl groups is 1. The minimum absolute atomic E-state index is 0.0223. The summed E-state index contributed by atoms with van der Waals surface area (Å²) in [6, 6.07) is 14.6. The number of para-hydroxylation sites is 1. The van der Waals surface area contributed by atoms with Crippen molar-refractivity contribution < 1.29 is 9.90 Å². The zero-order chi connectivity index (χ0) is 17.2. The maximum Gasteiger partial charge on any atom is 0.237 e. The van der Waals surface area contributed by atoms with Crippen molar-refractivity contribution in [2.45, 2.75) is 23.2 Å². The zero-order valence-electron chi connectivity index (χ0n) is 13.3. The highest BCUT2D eigenvalue weighted by Gasteiger charge is 2.26. The van der Waals surface area contributed by atoms with Crippen LogP contribution in [0.15, 0.2) is 53.7 Å². The van der Waals surface area contributed by atoms with Crippen LogP contribution in [0.3, 0.4) is 0 Å². The highest BCUT2D eigenvalue weighted by Crippen LogP contribution is 2.30. The van der Waals surface area contributed by atoms with Gasteiger partial charge in [-0.15, -0.1) is 5.10 Å². The van der Waals surface area contributed by atoms with E-state index in [9.17, 15) is 9.90 Å². The Labute approximate surface area is 148 Å². The van der Waals surface area contributed by atoms with Crippen molar-refractivity contribution >= 4 is 23.4 Å². The van der Waals surface area contributed by atoms with Crippen molar-refractivity contribution in [2.24, 2.45) is 0 Å². The predicted molar refractivity (Wildman–Crippen MR) is 96.5 cm³/mol. The van der Waals surface area contributed by atoms with Crippen molar-refractivity contribution in [1.29, 1.82) is 0 Å². The second-order valence-electron chi connectivity index (χ2n) is 5.81. The van der Waals surface area contributed by atoms with Crippen LogP contribution in [-0.4, -0.2) is 31.4 Å². The molecular weight excluding hydrogens is 336 g/mol. The number of aromatic amines is 1. The fourth-order valence-corrected chi connectivity index (χ4v) is 3.68. The summed E-state index contributed by atoms with van der Waals surface area (Å²) in [5, 5.41) is 19.7. The van der Waals surface area contributed by atoms with Gasteiger partial charge in [0.1, 0.15) is 5.75 Å². The SMILES string of the molecule is O=C1Nc2ccccc2CCC1Sc1n[nH]c(-c2ccc(O)cc2)n1. The fourth-order valence-electron chi connectivity index (χ4n) is 2.78. The third-order valence-electron chi connectivity index (χ3n) is 4.10. The van der Waals surface area contributed by atoms with Crippen LogP contribution in [0.25, 0.3) is 11.4 Å². The number of phenolic OH excluding ortho intramolecular Hbond substituents is 1. The lowest BCUT2D eigenvalue weighted by molar-refractivity contribution is -0.115. The quantitative estimate of drug-likeness (QED) is 0.673. The van der Waals surface area contributed by atoms with Crippen LogP contribution >= 0.6 is 11.8 Å². The number of amides is 1. The zero-order valence-corrected chi connectivity index (χ0v) is 14.1. The minimum Gasteiger partial charge on any atom is -0.508 e. The van der Waals surface area contributed by atoms with Crippen LogP contribution in [0.2, 0.25) is 0 Å². The number of aryl methyl sites for hydroxylation is 1. The lowest BCUT2D eigenvalue weighted by Gasteiger charge is -2.10. The number of rotatable bonds is 3. The number of benzene rings is 2. The predicted octanol–water partition coefficient (Wildman–Crippen LogP) is 3.22. The van der Waals surface area contributed by atoms with Crippen LogP contribution in [0, 0.1) is 0 Å². The first-order valence-corrected chi connectivity index (χ1v) is 8.84. The Morgan fingerprint density at radius 2 is 1.92 bits per heavy atom. The van der Waals surface area contributed by atoms with Gasteiger partial charge in [0.2, 0.25) is 11.1 Å². The molecule has 6 nitrogen and oxygen atoms in total. The van der Waals surface area contributed by atoms with Crippen molar-refractivity contribution in [3.63, 3.8) is 0 Å². The molecule has 0 spiro atoms. The molecule has 3 aromatic rings. The molecule has 0 bridgehead atoms. The van der Waals surface area contributed by atoms with Crippen molar-refractivity contribution in [2.75, 3.05) is 5.32 Å². The molecule has 0 saturated carbocycles. The number of phenols is 1. The summed E-state index contributed by atoms with van der Waals surface area (Å²) in [5.41, 5.74) is 2.86. The number of fused-ring (bicyclic) bond motifs is 1. The topological polar surface area (TPSA) is 90.9 Å². The fraction of sp³-hybridized carbons (Fsp3) is 0.167. The molecule has 0 aliphatic carbocycles. The standard InChI is InChI=1S/C18H16N4O2S/c23-13-8-5-12(6-9-13)16-20-18(22-21-16)25-15-10-7-11-3-1-2-4-14(11)19-17(15)24/h1-6,8-9,15,23H,7,10H2,(H,19,24)(H,20,21,22). The third-order valence-corrected chi connectivity index (χ3v) is 5.22. The normalized spacial score (nSPS) is 16.8. The van der Waals surface area contributed by atoms with E-state index in [4.69, 9.17) is 0 Å². The monoisotopic (exact) mass is 352 g/mol. The van der Waals surface area contributed by atoms with E-state index in [1.807, 2.05) is 24.3 Å². The van der Waals surface area contributed by atoms with Crippen molar-refractivity contribution in [3.8, 4) is 17.1 Å². The number of anilines is 1. The molecule has 2 heterocycles. The molecule has 1 amide bonds. The summed E-state index contributed by atoms with van der Waals surface area (Å²) >= 11 is 1.36. The molecule has 126 valence electrons. The van der Waals surface area contributed by atoms with Gasteiger partial charge in [-0.1, -0.05) is 30.0 Å². The lowest BCUT2D eigenvalue weighted by Crippen LogP contribution is -2.23. The number of aromatic nitrogens is 3. The largest absolute Gasteiger partial charge is 0.508 e. The van der Waals surface area contributed by atoms with Gasteiger partial charge in [-0.3, -0.25) is 9.89 Å². The number of carbonyl (C=O) groups is 1. The third kappa shape index (κ3) is 3.36. The lowest BCUT2D eigenvalue weighted by atomic mass is 10.1. The first-order chi connectivity index (χ1) is 12.2. The molecule has 4 rings (SSSR count). The Bertz CT molecular complexity index is 907. The Balaban J connectivity index is 1.49. The van der Waals surface area contributed by atoms with Gasteiger partial charge in [0.15, 0.2) is 5.82 Å². The van der Waals surface area contributed by atoms with E-state index in [0.717, 1.165) is 29.7 Å². The van der Waals surface area contributed by atoms with Crippen LogP contribution in [0.1, 0.15) is 12.0 Å². The van der Waals surface area contributed by atoms with Crippen LogP contribution in [-0.2, 0) is 11.2 Å². The maximum absolute atomic E-state index is 12.5. The molecule has 0 radical (unpaired) electrons. The average molecular weight is 352 g/mol. The van der Waals surface area contributed by atoms with Gasteiger partial charge >= 0.3 is 0 Å². The number of hydrogen-bond acceptors (Lipinski definition) is 5. The van der Waals surface area contributed by atoms with E-state index >= 15 is 0 Å². The highest BCUT2D eigenvalue weighted by atomic mass is 32.2. The first kappa shape index (κ1) is 15.7. The summed E-state index contributed by atoms with van der Waals surface area (Å²) in [4.78, 5) is 16.9. The Morgan fingerprint density at radius 3 is 2.76 bits per heavy atom. The molecule has 2 aromatic carbocycles. The van der Waals surface area contributed by atoms with Crippen molar-refractivity contribution in [3.05, 3.63) is 54.1 Å².